The number of rotatable bonds is 3. The Balaban J connectivity index is 1.74. The molecule has 0 bridgehead atoms. The summed E-state index contributed by atoms with van der Waals surface area (Å²) in [5, 5.41) is 1.16. The molecule has 1 aliphatic heterocycles. The van der Waals surface area contributed by atoms with Gasteiger partial charge in [0.25, 0.3) is 0 Å². The second kappa shape index (κ2) is 6.22. The van der Waals surface area contributed by atoms with Crippen molar-refractivity contribution in [1.29, 1.82) is 0 Å². The minimum Gasteiger partial charge on any atom is -0.342 e. The molecule has 21 heavy (non-hydrogen) atoms. The average molecular weight is 283 g/mol. The molecule has 2 aromatic rings. The van der Waals surface area contributed by atoms with Crippen molar-refractivity contribution in [1.82, 2.24) is 14.8 Å². The van der Waals surface area contributed by atoms with Crippen LogP contribution in [-0.2, 0) is 11.3 Å². The molecule has 0 unspecified atom stereocenters. The predicted molar refractivity (Wildman–Crippen MR) is 83.9 cm³/mol. The smallest absolute Gasteiger partial charge is 0.236 e. The van der Waals surface area contributed by atoms with Crippen molar-refractivity contribution in [2.24, 2.45) is 0 Å². The molecular weight excluding hydrogens is 262 g/mol. The molecule has 1 aromatic carbocycles. The van der Waals surface area contributed by atoms with Crippen LogP contribution in [0.25, 0.3) is 10.9 Å². The highest BCUT2D eigenvalue weighted by Gasteiger charge is 2.20. The van der Waals surface area contributed by atoms with Crippen molar-refractivity contribution < 1.29 is 4.79 Å². The van der Waals surface area contributed by atoms with Crippen LogP contribution in [0, 0.1) is 0 Å². The fourth-order valence-electron chi connectivity index (χ4n) is 2.88. The molecule has 0 saturated carbocycles. The molecule has 1 saturated heterocycles. The number of amides is 1. The molecule has 0 aliphatic carbocycles. The molecule has 0 spiro atoms. The first-order valence-electron chi connectivity index (χ1n) is 7.61. The first-order valence-corrected chi connectivity index (χ1v) is 7.61. The van der Waals surface area contributed by atoms with Gasteiger partial charge in [-0.25, -0.2) is 0 Å². The van der Waals surface area contributed by atoms with Crippen LogP contribution in [0.2, 0.25) is 0 Å². The van der Waals surface area contributed by atoms with Crippen molar-refractivity contribution in [2.75, 3.05) is 26.2 Å². The van der Waals surface area contributed by atoms with Crippen LogP contribution in [0.4, 0.5) is 0 Å². The Morgan fingerprint density at radius 3 is 2.86 bits per heavy atom. The number of hydrogen-bond acceptors (Lipinski definition) is 3. The normalized spacial score (nSPS) is 17.2. The molecule has 1 amide bonds. The first-order chi connectivity index (χ1) is 10.3. The number of likely N-dealkylation sites (N-methyl/N-ethyl adjacent to an activating group) is 1. The number of fused-ring (bicyclic) bond motifs is 1. The van der Waals surface area contributed by atoms with Gasteiger partial charge in [0.1, 0.15) is 0 Å². The van der Waals surface area contributed by atoms with Gasteiger partial charge in [0.2, 0.25) is 5.91 Å². The lowest BCUT2D eigenvalue weighted by atomic mass is 10.2. The van der Waals surface area contributed by atoms with E-state index in [0.717, 1.165) is 49.2 Å². The quantitative estimate of drug-likeness (QED) is 0.867. The van der Waals surface area contributed by atoms with E-state index < -0.39 is 0 Å². The van der Waals surface area contributed by atoms with Crippen LogP contribution >= 0.6 is 0 Å². The lowest BCUT2D eigenvalue weighted by molar-refractivity contribution is -0.131. The molecule has 1 fully saturated rings. The van der Waals surface area contributed by atoms with E-state index in [9.17, 15) is 4.79 Å². The van der Waals surface area contributed by atoms with E-state index in [1.54, 1.807) is 0 Å². The van der Waals surface area contributed by atoms with Crippen LogP contribution in [-0.4, -0.2) is 46.9 Å². The zero-order chi connectivity index (χ0) is 14.7. The van der Waals surface area contributed by atoms with Crippen LogP contribution in [0.15, 0.2) is 36.4 Å². The summed E-state index contributed by atoms with van der Waals surface area (Å²) in [6.07, 6.45) is 1.03. The fourth-order valence-corrected chi connectivity index (χ4v) is 2.88. The zero-order valence-electron chi connectivity index (χ0n) is 12.5. The van der Waals surface area contributed by atoms with Gasteiger partial charge in [-0.3, -0.25) is 14.7 Å². The van der Waals surface area contributed by atoms with Gasteiger partial charge in [0, 0.05) is 31.6 Å². The minimum absolute atomic E-state index is 0.232. The maximum Gasteiger partial charge on any atom is 0.236 e. The molecule has 4 nitrogen and oxygen atoms in total. The number of hydrogen-bond donors (Lipinski definition) is 0. The second-order valence-corrected chi connectivity index (χ2v) is 5.53. The summed E-state index contributed by atoms with van der Waals surface area (Å²) in [6.45, 7) is 5.92. The molecule has 0 N–H and O–H groups in total. The number of para-hydroxylation sites is 1. The van der Waals surface area contributed by atoms with Crippen molar-refractivity contribution in [3.63, 3.8) is 0 Å². The highest BCUT2D eigenvalue weighted by Crippen LogP contribution is 2.14. The Labute approximate surface area is 125 Å². The van der Waals surface area contributed by atoms with E-state index in [2.05, 4.69) is 23.1 Å². The van der Waals surface area contributed by atoms with Gasteiger partial charge in [-0.1, -0.05) is 24.3 Å². The number of aromatic nitrogens is 1. The van der Waals surface area contributed by atoms with Gasteiger partial charge in [0.05, 0.1) is 17.8 Å². The van der Waals surface area contributed by atoms with Crippen LogP contribution in [0.3, 0.4) is 0 Å². The topological polar surface area (TPSA) is 36.4 Å². The Kier molecular flexibility index (Phi) is 4.15. The summed E-state index contributed by atoms with van der Waals surface area (Å²) in [4.78, 5) is 21.0. The van der Waals surface area contributed by atoms with E-state index in [1.165, 1.54) is 0 Å². The zero-order valence-corrected chi connectivity index (χ0v) is 12.5. The molecule has 4 heteroatoms. The lowest BCUT2D eigenvalue weighted by Gasteiger charge is -2.20. The molecular formula is C17H21N3O. The molecule has 1 aliphatic rings. The number of benzene rings is 1. The monoisotopic (exact) mass is 283 g/mol. The standard InChI is InChI=1S/C17H21N3O/c1-2-20-11-5-10-19(13-17(20)21)12-15-9-8-14-6-3-4-7-16(14)18-15/h3-4,6-9H,2,5,10-13H2,1H3. The third-order valence-electron chi connectivity index (χ3n) is 4.04. The van der Waals surface area contributed by atoms with Crippen LogP contribution in [0.5, 0.6) is 0 Å². The molecule has 0 atom stereocenters. The van der Waals surface area contributed by atoms with E-state index in [0.29, 0.717) is 6.54 Å². The minimum atomic E-state index is 0.232. The third kappa shape index (κ3) is 3.22. The Morgan fingerprint density at radius 1 is 1.14 bits per heavy atom. The van der Waals surface area contributed by atoms with E-state index in [1.807, 2.05) is 30.0 Å². The molecule has 1 aromatic heterocycles. The van der Waals surface area contributed by atoms with Crippen molar-refractivity contribution in [2.45, 2.75) is 19.9 Å². The van der Waals surface area contributed by atoms with Gasteiger partial charge < -0.3 is 4.90 Å². The summed E-state index contributed by atoms with van der Waals surface area (Å²) in [7, 11) is 0. The maximum absolute atomic E-state index is 12.1. The highest BCUT2D eigenvalue weighted by molar-refractivity contribution is 5.79. The van der Waals surface area contributed by atoms with Gasteiger partial charge >= 0.3 is 0 Å². The SMILES string of the molecule is CCN1CCCN(Cc2ccc3ccccc3n2)CC1=O. The van der Waals surface area contributed by atoms with Crippen molar-refractivity contribution in [3.8, 4) is 0 Å². The Bertz CT molecular complexity index is 641. The van der Waals surface area contributed by atoms with E-state index in [-0.39, 0.29) is 5.91 Å². The number of carbonyl (C=O) groups excluding carboxylic acids is 1. The summed E-state index contributed by atoms with van der Waals surface area (Å²) in [5.74, 6) is 0.232. The van der Waals surface area contributed by atoms with Gasteiger partial charge in [-0.2, -0.15) is 0 Å². The molecule has 2 heterocycles. The lowest BCUT2D eigenvalue weighted by Crippen LogP contribution is -2.36. The van der Waals surface area contributed by atoms with E-state index >= 15 is 0 Å². The van der Waals surface area contributed by atoms with E-state index in [4.69, 9.17) is 4.98 Å². The Morgan fingerprint density at radius 2 is 2.00 bits per heavy atom. The number of carbonyl (C=O) groups is 1. The van der Waals surface area contributed by atoms with Gasteiger partial charge in [-0.05, 0) is 25.5 Å². The average Bonchev–Trinajstić information content (AvgIpc) is 2.68. The Hall–Kier alpha value is -1.94. The maximum atomic E-state index is 12.1. The summed E-state index contributed by atoms with van der Waals surface area (Å²) in [5.41, 5.74) is 2.05. The largest absolute Gasteiger partial charge is 0.342 e. The highest BCUT2D eigenvalue weighted by atomic mass is 16.2. The summed E-state index contributed by atoms with van der Waals surface area (Å²) < 4.78 is 0. The first kappa shape index (κ1) is 14.0. The third-order valence-corrected chi connectivity index (χ3v) is 4.04. The van der Waals surface area contributed by atoms with Gasteiger partial charge in [-0.15, -0.1) is 0 Å². The molecule has 0 radical (unpaired) electrons. The second-order valence-electron chi connectivity index (χ2n) is 5.53. The van der Waals surface area contributed by atoms with Crippen LogP contribution in [0.1, 0.15) is 19.0 Å². The summed E-state index contributed by atoms with van der Waals surface area (Å²) >= 11 is 0. The number of nitrogens with zero attached hydrogens (tertiary/aromatic N) is 3. The predicted octanol–water partition coefficient (Wildman–Crippen LogP) is 2.29. The number of pyridine rings is 1. The molecule has 3 rings (SSSR count). The van der Waals surface area contributed by atoms with Crippen molar-refractivity contribution in [3.05, 3.63) is 42.1 Å². The molecule has 110 valence electrons. The fraction of sp³-hybridized carbons (Fsp3) is 0.412. The van der Waals surface area contributed by atoms with Crippen molar-refractivity contribution >= 4 is 16.8 Å². The van der Waals surface area contributed by atoms with Gasteiger partial charge in [0.15, 0.2) is 0 Å². The van der Waals surface area contributed by atoms with Crippen LogP contribution < -0.4 is 0 Å². The summed E-state index contributed by atoms with van der Waals surface area (Å²) in [6, 6.07) is 12.3.